The summed E-state index contributed by atoms with van der Waals surface area (Å²) in [5.74, 6) is -0.343. The van der Waals surface area contributed by atoms with E-state index in [9.17, 15) is 4.79 Å². The summed E-state index contributed by atoms with van der Waals surface area (Å²) >= 11 is 1.37. The number of thiophene rings is 1. The molecule has 6 nitrogen and oxygen atoms in total. The molecule has 0 bridgehead atoms. The Bertz CT molecular complexity index is 1060. The normalized spacial score (nSPS) is 14.7. The van der Waals surface area contributed by atoms with E-state index in [0.29, 0.717) is 10.6 Å². The first-order chi connectivity index (χ1) is 13.1. The molecule has 2 N–H and O–H groups in total. The van der Waals surface area contributed by atoms with E-state index in [1.54, 1.807) is 12.4 Å². The van der Waals surface area contributed by atoms with Crippen LogP contribution in [0.1, 0.15) is 41.1 Å². The minimum atomic E-state index is -0.343. The molecule has 2 aromatic heterocycles. The van der Waals surface area contributed by atoms with Gasteiger partial charge in [0.2, 0.25) is 0 Å². The number of aromatic nitrogens is 1. The van der Waals surface area contributed by atoms with Crippen LogP contribution in [0.2, 0.25) is 0 Å². The van der Waals surface area contributed by atoms with Crippen LogP contribution >= 0.6 is 11.3 Å². The number of rotatable bonds is 4. The van der Waals surface area contributed by atoms with E-state index < -0.39 is 0 Å². The Hall–Kier alpha value is -2.93. The van der Waals surface area contributed by atoms with Crippen LogP contribution in [-0.2, 0) is 11.2 Å². The highest BCUT2D eigenvalue weighted by Crippen LogP contribution is 2.38. The molecule has 0 amide bonds. The quantitative estimate of drug-likeness (QED) is 0.388. The molecular formula is C20H19N3O3S. The van der Waals surface area contributed by atoms with Gasteiger partial charge in [0, 0.05) is 29.0 Å². The second-order valence-electron chi connectivity index (χ2n) is 6.68. The zero-order chi connectivity index (χ0) is 19.0. The summed E-state index contributed by atoms with van der Waals surface area (Å²) in [7, 11) is 0. The number of benzene rings is 1. The minimum absolute atomic E-state index is 0.190. The number of aryl methyl sites for hydroxylation is 1. The van der Waals surface area contributed by atoms with Crippen molar-refractivity contribution in [3.05, 3.63) is 52.7 Å². The Morgan fingerprint density at radius 2 is 2.19 bits per heavy atom. The molecule has 4 rings (SSSR count). The standard InChI is InChI=1S/C20H19N3O3S/c1-11(2)26-20(24)19-18(15-7-8-21-10-17(15)27-19)22-13-4-5-14-12(9-13)3-6-16(14)23-25/h4-5,7-11,22,25H,3,6H2,1-2H3. The highest BCUT2D eigenvalue weighted by atomic mass is 32.1. The number of hydrogen-bond acceptors (Lipinski definition) is 7. The van der Waals surface area contributed by atoms with Crippen LogP contribution in [-0.4, -0.2) is 28.0 Å². The Labute approximate surface area is 160 Å². The molecule has 0 spiro atoms. The first-order valence-electron chi connectivity index (χ1n) is 8.75. The number of hydrogen-bond donors (Lipinski definition) is 2. The second kappa shape index (κ2) is 7.00. The third kappa shape index (κ3) is 3.26. The molecule has 0 unspecified atom stereocenters. The van der Waals surface area contributed by atoms with Gasteiger partial charge < -0.3 is 15.3 Å². The number of nitrogens with one attached hydrogen (secondary N) is 1. The van der Waals surface area contributed by atoms with Crippen molar-refractivity contribution in [3.63, 3.8) is 0 Å². The van der Waals surface area contributed by atoms with Crippen LogP contribution in [0.3, 0.4) is 0 Å². The molecule has 3 aromatic rings. The van der Waals surface area contributed by atoms with Crippen LogP contribution in [0.5, 0.6) is 0 Å². The molecule has 0 saturated heterocycles. The van der Waals surface area contributed by atoms with Gasteiger partial charge >= 0.3 is 5.97 Å². The largest absolute Gasteiger partial charge is 0.459 e. The zero-order valence-corrected chi connectivity index (χ0v) is 15.8. The van der Waals surface area contributed by atoms with Gasteiger partial charge in [-0.3, -0.25) is 4.98 Å². The van der Waals surface area contributed by atoms with Gasteiger partial charge in [-0.15, -0.1) is 11.3 Å². The summed E-state index contributed by atoms with van der Waals surface area (Å²) in [6.45, 7) is 3.67. The maximum absolute atomic E-state index is 12.6. The molecule has 1 aliphatic carbocycles. The summed E-state index contributed by atoms with van der Waals surface area (Å²) in [6.07, 6.45) is 4.84. The van der Waals surface area contributed by atoms with Gasteiger partial charge in [-0.2, -0.15) is 0 Å². The fraction of sp³-hybridized carbons (Fsp3) is 0.250. The van der Waals surface area contributed by atoms with Gasteiger partial charge in [0.05, 0.1) is 22.2 Å². The van der Waals surface area contributed by atoms with E-state index in [1.165, 1.54) is 11.3 Å². The molecular weight excluding hydrogens is 362 g/mol. The smallest absolute Gasteiger partial charge is 0.350 e. The number of nitrogens with zero attached hydrogens (tertiary/aromatic N) is 2. The van der Waals surface area contributed by atoms with E-state index in [2.05, 4.69) is 15.5 Å². The second-order valence-corrected chi connectivity index (χ2v) is 7.73. The van der Waals surface area contributed by atoms with Crippen molar-refractivity contribution in [2.24, 2.45) is 5.16 Å². The van der Waals surface area contributed by atoms with Gasteiger partial charge in [0.15, 0.2) is 0 Å². The van der Waals surface area contributed by atoms with E-state index in [-0.39, 0.29) is 12.1 Å². The zero-order valence-electron chi connectivity index (χ0n) is 15.0. The Morgan fingerprint density at radius 1 is 1.33 bits per heavy atom. The van der Waals surface area contributed by atoms with Crippen molar-refractivity contribution >= 4 is 44.5 Å². The summed E-state index contributed by atoms with van der Waals surface area (Å²) in [5, 5.41) is 16.8. The van der Waals surface area contributed by atoms with E-state index >= 15 is 0 Å². The molecule has 138 valence electrons. The lowest BCUT2D eigenvalue weighted by Gasteiger charge is -2.11. The summed E-state index contributed by atoms with van der Waals surface area (Å²) in [4.78, 5) is 17.3. The lowest BCUT2D eigenvalue weighted by Crippen LogP contribution is -2.11. The highest BCUT2D eigenvalue weighted by molar-refractivity contribution is 7.21. The van der Waals surface area contributed by atoms with E-state index in [0.717, 1.165) is 45.4 Å². The molecule has 7 heteroatoms. The van der Waals surface area contributed by atoms with Crippen LogP contribution in [0, 0.1) is 0 Å². The topological polar surface area (TPSA) is 83.8 Å². The number of carbonyl (C=O) groups excluding carboxylic acids is 1. The lowest BCUT2D eigenvalue weighted by atomic mass is 10.1. The maximum Gasteiger partial charge on any atom is 0.350 e. The van der Waals surface area contributed by atoms with Gasteiger partial charge in [0.25, 0.3) is 0 Å². The molecule has 2 heterocycles. The lowest BCUT2D eigenvalue weighted by molar-refractivity contribution is 0.0385. The monoisotopic (exact) mass is 381 g/mol. The molecule has 0 atom stereocenters. The van der Waals surface area contributed by atoms with Crippen molar-refractivity contribution in [1.82, 2.24) is 4.98 Å². The van der Waals surface area contributed by atoms with Gasteiger partial charge in [-0.05, 0) is 50.5 Å². The summed E-state index contributed by atoms with van der Waals surface area (Å²) < 4.78 is 6.34. The van der Waals surface area contributed by atoms with Crippen molar-refractivity contribution in [2.75, 3.05) is 5.32 Å². The number of anilines is 2. The average Bonchev–Trinajstić information content (AvgIpc) is 3.22. The molecule has 0 saturated carbocycles. The Balaban J connectivity index is 1.74. The number of carbonyl (C=O) groups is 1. The first-order valence-corrected chi connectivity index (χ1v) is 9.57. The highest BCUT2D eigenvalue weighted by Gasteiger charge is 2.22. The third-order valence-electron chi connectivity index (χ3n) is 4.46. The van der Waals surface area contributed by atoms with Crippen LogP contribution in [0.15, 0.2) is 41.8 Å². The van der Waals surface area contributed by atoms with Crippen molar-refractivity contribution in [2.45, 2.75) is 32.8 Å². The number of oxime groups is 1. The average molecular weight is 381 g/mol. The van der Waals surface area contributed by atoms with Crippen molar-refractivity contribution in [3.8, 4) is 0 Å². The predicted molar refractivity (Wildman–Crippen MR) is 107 cm³/mol. The first kappa shape index (κ1) is 17.5. The SMILES string of the molecule is CC(C)OC(=O)c1sc2cnccc2c1Nc1ccc2c(c1)CCC2=NO. The summed E-state index contributed by atoms with van der Waals surface area (Å²) in [6, 6.07) is 7.81. The van der Waals surface area contributed by atoms with E-state index in [4.69, 9.17) is 9.94 Å². The van der Waals surface area contributed by atoms with Gasteiger partial charge in [0.1, 0.15) is 4.88 Å². The maximum atomic E-state index is 12.6. The van der Waals surface area contributed by atoms with Crippen LogP contribution in [0.4, 0.5) is 11.4 Å². The third-order valence-corrected chi connectivity index (χ3v) is 5.58. The Morgan fingerprint density at radius 3 is 2.96 bits per heavy atom. The van der Waals surface area contributed by atoms with E-state index in [1.807, 2.05) is 38.1 Å². The number of esters is 1. The molecule has 1 aromatic carbocycles. The number of fused-ring (bicyclic) bond motifs is 2. The van der Waals surface area contributed by atoms with Crippen LogP contribution < -0.4 is 5.32 Å². The molecule has 0 radical (unpaired) electrons. The molecule has 1 aliphatic rings. The number of pyridine rings is 1. The molecule has 0 aliphatic heterocycles. The van der Waals surface area contributed by atoms with Gasteiger partial charge in [-0.1, -0.05) is 11.2 Å². The Kier molecular flexibility index (Phi) is 4.53. The molecule has 0 fully saturated rings. The predicted octanol–water partition coefficient (Wildman–Crippen LogP) is 4.73. The number of ether oxygens (including phenoxy) is 1. The van der Waals surface area contributed by atoms with Crippen molar-refractivity contribution in [1.29, 1.82) is 0 Å². The minimum Gasteiger partial charge on any atom is -0.459 e. The van der Waals surface area contributed by atoms with Crippen molar-refractivity contribution < 1.29 is 14.7 Å². The fourth-order valence-corrected chi connectivity index (χ4v) is 4.29. The molecule has 27 heavy (non-hydrogen) atoms. The van der Waals surface area contributed by atoms with Crippen LogP contribution in [0.25, 0.3) is 10.1 Å². The summed E-state index contributed by atoms with van der Waals surface area (Å²) in [5.41, 5.74) is 4.42. The van der Waals surface area contributed by atoms with Gasteiger partial charge in [-0.25, -0.2) is 4.79 Å². The fourth-order valence-electron chi connectivity index (χ4n) is 3.28.